The lowest BCUT2D eigenvalue weighted by atomic mass is 10.1. The van der Waals surface area contributed by atoms with Gasteiger partial charge in [0.1, 0.15) is 11.3 Å². The molecule has 4 rings (SSSR count). The number of aliphatic imine (C=N–C) groups is 1. The van der Waals surface area contributed by atoms with Gasteiger partial charge in [-0.1, -0.05) is 42.5 Å². The molecule has 1 saturated heterocycles. The molecule has 0 bridgehead atoms. The third-order valence-electron chi connectivity index (χ3n) is 5.58. The Morgan fingerprint density at radius 3 is 2.35 bits per heavy atom. The minimum atomic E-state index is 0. The van der Waals surface area contributed by atoms with E-state index in [1.54, 1.807) is 7.05 Å². The Hall–Kier alpha value is -2.10. The highest BCUT2D eigenvalue weighted by atomic mass is 127. The van der Waals surface area contributed by atoms with Crippen LogP contribution in [0.4, 0.5) is 0 Å². The standard InChI is InChI=1S/C24H30N4O2.HI/c1-18-21-5-3-4-6-22(21)30-23(18)16-27-24(25-2)26-15-19-7-9-20(10-8-19)17-28-11-13-29-14-12-28;/h3-10H,11-17H2,1-2H3,(H2,25,26,27);1H. The highest BCUT2D eigenvalue weighted by Gasteiger charge is 2.11. The molecule has 2 heterocycles. The van der Waals surface area contributed by atoms with Crippen LogP contribution in [0.2, 0.25) is 0 Å². The number of nitrogens with zero attached hydrogens (tertiary/aromatic N) is 2. The number of para-hydroxylation sites is 1. The zero-order chi connectivity index (χ0) is 20.8. The first-order chi connectivity index (χ1) is 14.7. The van der Waals surface area contributed by atoms with Gasteiger partial charge in [0.15, 0.2) is 5.96 Å². The summed E-state index contributed by atoms with van der Waals surface area (Å²) in [4.78, 5) is 6.76. The first-order valence-electron chi connectivity index (χ1n) is 10.5. The summed E-state index contributed by atoms with van der Waals surface area (Å²) in [5.74, 6) is 1.69. The normalized spacial score (nSPS) is 15.0. The van der Waals surface area contributed by atoms with Crippen LogP contribution < -0.4 is 10.6 Å². The van der Waals surface area contributed by atoms with Crippen molar-refractivity contribution in [1.29, 1.82) is 0 Å². The average molecular weight is 534 g/mol. The zero-order valence-corrected chi connectivity index (χ0v) is 20.5. The van der Waals surface area contributed by atoms with Gasteiger partial charge in [0.2, 0.25) is 0 Å². The van der Waals surface area contributed by atoms with Crippen LogP contribution in [0.15, 0.2) is 57.9 Å². The van der Waals surface area contributed by atoms with Crippen molar-refractivity contribution in [3.63, 3.8) is 0 Å². The maximum absolute atomic E-state index is 5.97. The third-order valence-corrected chi connectivity index (χ3v) is 5.58. The van der Waals surface area contributed by atoms with Crippen LogP contribution in [0.1, 0.15) is 22.5 Å². The fraction of sp³-hybridized carbons (Fsp3) is 0.375. The van der Waals surface area contributed by atoms with Crippen LogP contribution in [0.25, 0.3) is 11.0 Å². The Labute approximate surface area is 201 Å². The van der Waals surface area contributed by atoms with Gasteiger partial charge in [-0.25, -0.2) is 0 Å². The van der Waals surface area contributed by atoms with Crippen LogP contribution in [0, 0.1) is 6.92 Å². The van der Waals surface area contributed by atoms with Gasteiger partial charge in [0.05, 0.1) is 19.8 Å². The molecule has 0 amide bonds. The topological polar surface area (TPSA) is 62.0 Å². The van der Waals surface area contributed by atoms with Gasteiger partial charge in [-0.15, -0.1) is 24.0 Å². The number of nitrogens with one attached hydrogen (secondary N) is 2. The summed E-state index contributed by atoms with van der Waals surface area (Å²) in [7, 11) is 1.78. The number of fused-ring (bicyclic) bond motifs is 1. The Morgan fingerprint density at radius 2 is 1.65 bits per heavy atom. The summed E-state index contributed by atoms with van der Waals surface area (Å²) < 4.78 is 11.4. The minimum absolute atomic E-state index is 0. The van der Waals surface area contributed by atoms with E-state index < -0.39 is 0 Å². The Balaban J connectivity index is 0.00000272. The molecular formula is C24H31IN4O2. The molecule has 31 heavy (non-hydrogen) atoms. The van der Waals surface area contributed by atoms with E-state index in [2.05, 4.69) is 57.8 Å². The third kappa shape index (κ3) is 6.21. The molecule has 2 N–H and O–H groups in total. The second-order valence-electron chi connectivity index (χ2n) is 7.63. The molecule has 7 heteroatoms. The van der Waals surface area contributed by atoms with Crippen molar-refractivity contribution in [1.82, 2.24) is 15.5 Å². The number of guanidine groups is 1. The van der Waals surface area contributed by atoms with Crippen LogP contribution >= 0.6 is 24.0 Å². The van der Waals surface area contributed by atoms with Gasteiger partial charge in [0, 0.05) is 44.2 Å². The molecule has 0 radical (unpaired) electrons. The summed E-state index contributed by atoms with van der Waals surface area (Å²) in [5, 5.41) is 7.89. The first kappa shape index (κ1) is 23.6. The predicted molar refractivity (Wildman–Crippen MR) is 136 cm³/mol. The number of aryl methyl sites for hydroxylation is 1. The molecule has 1 fully saturated rings. The van der Waals surface area contributed by atoms with Crippen molar-refractivity contribution < 1.29 is 9.15 Å². The van der Waals surface area contributed by atoms with Crippen molar-refractivity contribution in [2.45, 2.75) is 26.6 Å². The molecule has 0 aliphatic carbocycles. The molecule has 2 aromatic carbocycles. The number of hydrogen-bond donors (Lipinski definition) is 2. The fourth-order valence-electron chi connectivity index (χ4n) is 3.74. The quantitative estimate of drug-likeness (QED) is 0.284. The van der Waals surface area contributed by atoms with Gasteiger partial charge in [-0.05, 0) is 24.1 Å². The van der Waals surface area contributed by atoms with E-state index >= 15 is 0 Å². The summed E-state index contributed by atoms with van der Waals surface area (Å²) in [6, 6.07) is 16.9. The molecule has 1 aromatic heterocycles. The lowest BCUT2D eigenvalue weighted by molar-refractivity contribution is 0.0342. The molecule has 0 spiro atoms. The maximum atomic E-state index is 5.97. The van der Waals surface area contributed by atoms with E-state index in [1.165, 1.54) is 16.7 Å². The highest BCUT2D eigenvalue weighted by Crippen LogP contribution is 2.24. The summed E-state index contributed by atoms with van der Waals surface area (Å²) in [6.07, 6.45) is 0. The predicted octanol–water partition coefficient (Wildman–Crippen LogP) is 4.06. The SMILES string of the molecule is CN=C(NCc1ccc(CN2CCOCC2)cc1)NCc1oc2ccccc2c1C.I. The smallest absolute Gasteiger partial charge is 0.191 e. The van der Waals surface area contributed by atoms with Crippen molar-refractivity contribution in [3.05, 3.63) is 71.0 Å². The molecule has 1 aliphatic heterocycles. The Morgan fingerprint density at radius 1 is 0.968 bits per heavy atom. The van der Waals surface area contributed by atoms with E-state index in [0.29, 0.717) is 6.54 Å². The van der Waals surface area contributed by atoms with Gasteiger partial charge in [-0.2, -0.15) is 0 Å². The van der Waals surface area contributed by atoms with Crippen molar-refractivity contribution in [3.8, 4) is 0 Å². The number of furan rings is 1. The van der Waals surface area contributed by atoms with E-state index in [-0.39, 0.29) is 24.0 Å². The lowest BCUT2D eigenvalue weighted by Crippen LogP contribution is -2.36. The van der Waals surface area contributed by atoms with Gasteiger partial charge in [-0.3, -0.25) is 9.89 Å². The molecule has 1 aliphatic rings. The number of hydrogen-bond acceptors (Lipinski definition) is 4. The van der Waals surface area contributed by atoms with Crippen LogP contribution in [0.3, 0.4) is 0 Å². The first-order valence-corrected chi connectivity index (χ1v) is 10.5. The Kier molecular flexibility index (Phi) is 8.74. The largest absolute Gasteiger partial charge is 0.459 e. The van der Waals surface area contributed by atoms with E-state index in [9.17, 15) is 0 Å². The van der Waals surface area contributed by atoms with Crippen molar-refractivity contribution in [2.75, 3.05) is 33.4 Å². The molecule has 0 saturated carbocycles. The number of rotatable bonds is 6. The summed E-state index contributed by atoms with van der Waals surface area (Å²) in [6.45, 7) is 8.08. The highest BCUT2D eigenvalue weighted by molar-refractivity contribution is 14.0. The molecule has 6 nitrogen and oxygen atoms in total. The van der Waals surface area contributed by atoms with Gasteiger partial charge < -0.3 is 19.8 Å². The molecule has 3 aromatic rings. The number of halogens is 1. The van der Waals surface area contributed by atoms with E-state index in [1.807, 2.05) is 18.2 Å². The molecule has 166 valence electrons. The second kappa shape index (κ2) is 11.5. The van der Waals surface area contributed by atoms with Gasteiger partial charge in [0.25, 0.3) is 0 Å². The lowest BCUT2D eigenvalue weighted by Gasteiger charge is -2.26. The zero-order valence-electron chi connectivity index (χ0n) is 18.2. The van der Waals surface area contributed by atoms with E-state index in [4.69, 9.17) is 9.15 Å². The number of ether oxygens (including phenoxy) is 1. The Bertz CT molecular complexity index is 994. The number of morpholine rings is 1. The maximum Gasteiger partial charge on any atom is 0.191 e. The van der Waals surface area contributed by atoms with Crippen molar-refractivity contribution in [2.24, 2.45) is 4.99 Å². The van der Waals surface area contributed by atoms with Crippen LogP contribution in [0.5, 0.6) is 0 Å². The van der Waals surface area contributed by atoms with Crippen molar-refractivity contribution >= 4 is 40.9 Å². The molecule has 0 atom stereocenters. The average Bonchev–Trinajstić information content (AvgIpc) is 3.11. The number of benzene rings is 2. The monoisotopic (exact) mass is 534 g/mol. The fourth-order valence-corrected chi connectivity index (χ4v) is 3.74. The summed E-state index contributed by atoms with van der Waals surface area (Å²) >= 11 is 0. The van der Waals surface area contributed by atoms with E-state index in [0.717, 1.165) is 62.1 Å². The molecule has 0 unspecified atom stereocenters. The minimum Gasteiger partial charge on any atom is -0.459 e. The van der Waals surface area contributed by atoms with Crippen LogP contribution in [-0.2, 0) is 24.4 Å². The second-order valence-corrected chi connectivity index (χ2v) is 7.63. The van der Waals surface area contributed by atoms with Crippen LogP contribution in [-0.4, -0.2) is 44.2 Å². The summed E-state index contributed by atoms with van der Waals surface area (Å²) in [5.41, 5.74) is 4.66. The molecular weight excluding hydrogens is 503 g/mol. The van der Waals surface area contributed by atoms with Gasteiger partial charge >= 0.3 is 0 Å².